The molecule has 1 N–H and O–H groups in total. The van der Waals surface area contributed by atoms with Gasteiger partial charge in [-0.1, -0.05) is 19.9 Å². The molecule has 0 saturated carbocycles. The number of thiophene rings is 1. The molecule has 23 heavy (non-hydrogen) atoms. The van der Waals surface area contributed by atoms with Gasteiger partial charge in [-0.2, -0.15) is 11.3 Å². The molecule has 120 valence electrons. The Labute approximate surface area is 145 Å². The van der Waals surface area contributed by atoms with E-state index in [1.54, 1.807) is 22.7 Å². The lowest BCUT2D eigenvalue weighted by atomic mass is 9.97. The van der Waals surface area contributed by atoms with Crippen LogP contribution in [0.25, 0.3) is 10.6 Å². The number of nitrogens with one attached hydrogen (secondary N) is 1. The van der Waals surface area contributed by atoms with Gasteiger partial charge in [0.2, 0.25) is 0 Å². The lowest BCUT2D eigenvalue weighted by Crippen LogP contribution is -2.27. The summed E-state index contributed by atoms with van der Waals surface area (Å²) in [5.41, 5.74) is 4.68. The van der Waals surface area contributed by atoms with Crippen LogP contribution in [0.15, 0.2) is 40.5 Å². The number of thiazole rings is 1. The number of nitrogens with zero attached hydrogens (tertiary/aromatic N) is 2. The Balaban J connectivity index is 1.72. The zero-order chi connectivity index (χ0) is 16.2. The van der Waals surface area contributed by atoms with E-state index in [0.717, 1.165) is 22.9 Å². The van der Waals surface area contributed by atoms with Crippen molar-refractivity contribution < 1.29 is 0 Å². The van der Waals surface area contributed by atoms with Gasteiger partial charge >= 0.3 is 0 Å². The summed E-state index contributed by atoms with van der Waals surface area (Å²) in [7, 11) is 0. The maximum Gasteiger partial charge on any atom is 0.124 e. The van der Waals surface area contributed by atoms with Gasteiger partial charge in [-0.05, 0) is 35.9 Å². The van der Waals surface area contributed by atoms with Crippen molar-refractivity contribution in [2.45, 2.75) is 33.4 Å². The highest BCUT2D eigenvalue weighted by Gasteiger charge is 2.19. The first-order chi connectivity index (χ1) is 11.1. The summed E-state index contributed by atoms with van der Waals surface area (Å²) in [6, 6.07) is 6.47. The van der Waals surface area contributed by atoms with Gasteiger partial charge in [-0.25, -0.2) is 4.98 Å². The molecular formula is C18H21N3S2. The maximum absolute atomic E-state index is 4.74. The molecule has 0 aliphatic rings. The monoisotopic (exact) mass is 343 g/mol. The van der Waals surface area contributed by atoms with Gasteiger partial charge in [0.15, 0.2) is 0 Å². The highest BCUT2D eigenvalue weighted by molar-refractivity contribution is 7.14. The summed E-state index contributed by atoms with van der Waals surface area (Å²) in [6.07, 6.45) is 1.87. The molecule has 3 heterocycles. The first kappa shape index (κ1) is 16.3. The molecule has 0 amide bonds. The predicted molar refractivity (Wildman–Crippen MR) is 98.8 cm³/mol. The van der Waals surface area contributed by atoms with Crippen molar-refractivity contribution in [3.63, 3.8) is 0 Å². The molecule has 0 saturated heterocycles. The van der Waals surface area contributed by atoms with Crippen molar-refractivity contribution in [1.82, 2.24) is 15.3 Å². The number of aryl methyl sites for hydroxylation is 1. The van der Waals surface area contributed by atoms with Crippen LogP contribution in [-0.2, 0) is 6.54 Å². The molecule has 0 aliphatic carbocycles. The molecule has 0 spiro atoms. The minimum absolute atomic E-state index is 0.238. The van der Waals surface area contributed by atoms with Gasteiger partial charge in [0.25, 0.3) is 0 Å². The first-order valence-electron chi connectivity index (χ1n) is 7.77. The third-order valence-corrected chi connectivity index (χ3v) is 5.46. The second-order valence-electron chi connectivity index (χ2n) is 5.96. The van der Waals surface area contributed by atoms with E-state index in [2.05, 4.69) is 59.3 Å². The standard InChI is InChI=1S/C18H21N3S2/c1-12(2)16(17-13(3)5-4-7-19-17)20-9-15-11-23-18(21-15)14-6-8-22-10-14/h4-8,10-12,16,20H,9H2,1-3H3. The molecule has 3 aromatic rings. The van der Waals surface area contributed by atoms with Crippen molar-refractivity contribution in [1.29, 1.82) is 0 Å². The van der Waals surface area contributed by atoms with Crippen LogP contribution < -0.4 is 5.32 Å². The number of aromatic nitrogens is 2. The van der Waals surface area contributed by atoms with Crippen molar-refractivity contribution in [3.05, 3.63) is 57.5 Å². The number of rotatable bonds is 6. The van der Waals surface area contributed by atoms with Gasteiger partial charge in [-0.3, -0.25) is 4.98 Å². The van der Waals surface area contributed by atoms with Gasteiger partial charge in [0.1, 0.15) is 5.01 Å². The molecule has 0 bridgehead atoms. The van der Waals surface area contributed by atoms with E-state index in [0.29, 0.717) is 5.92 Å². The summed E-state index contributed by atoms with van der Waals surface area (Å²) >= 11 is 3.41. The fourth-order valence-electron chi connectivity index (χ4n) is 2.59. The summed E-state index contributed by atoms with van der Waals surface area (Å²) in [4.78, 5) is 9.32. The van der Waals surface area contributed by atoms with Crippen LogP contribution in [0.3, 0.4) is 0 Å². The Morgan fingerprint density at radius 2 is 2.09 bits per heavy atom. The van der Waals surface area contributed by atoms with Crippen molar-refractivity contribution in [3.8, 4) is 10.6 Å². The molecule has 0 radical (unpaired) electrons. The summed E-state index contributed by atoms with van der Waals surface area (Å²) in [5.74, 6) is 0.471. The third-order valence-electron chi connectivity index (χ3n) is 3.83. The Kier molecular flexibility index (Phi) is 5.20. The van der Waals surface area contributed by atoms with Crippen LogP contribution in [-0.4, -0.2) is 9.97 Å². The largest absolute Gasteiger partial charge is 0.303 e. The molecule has 1 atom stereocenters. The van der Waals surface area contributed by atoms with E-state index >= 15 is 0 Å². The lowest BCUT2D eigenvalue weighted by Gasteiger charge is -2.23. The Hall–Kier alpha value is -1.56. The number of hydrogen-bond acceptors (Lipinski definition) is 5. The zero-order valence-electron chi connectivity index (χ0n) is 13.6. The number of hydrogen-bond donors (Lipinski definition) is 1. The smallest absolute Gasteiger partial charge is 0.124 e. The van der Waals surface area contributed by atoms with E-state index in [1.807, 2.05) is 12.3 Å². The summed E-state index contributed by atoms with van der Waals surface area (Å²) in [5, 5.41) is 11.1. The second-order valence-corrected chi connectivity index (χ2v) is 7.60. The van der Waals surface area contributed by atoms with Crippen LogP contribution in [0, 0.1) is 12.8 Å². The molecule has 0 aromatic carbocycles. The average molecular weight is 344 g/mol. The first-order valence-corrected chi connectivity index (χ1v) is 9.59. The van der Waals surface area contributed by atoms with Crippen molar-refractivity contribution >= 4 is 22.7 Å². The second kappa shape index (κ2) is 7.34. The lowest BCUT2D eigenvalue weighted by molar-refractivity contribution is 0.399. The van der Waals surface area contributed by atoms with Gasteiger partial charge in [0, 0.05) is 29.1 Å². The average Bonchev–Trinajstić information content (AvgIpc) is 3.19. The molecule has 1 unspecified atom stereocenters. The highest BCUT2D eigenvalue weighted by atomic mass is 32.1. The maximum atomic E-state index is 4.74. The van der Waals surface area contributed by atoms with Crippen molar-refractivity contribution in [2.24, 2.45) is 5.92 Å². The van der Waals surface area contributed by atoms with Crippen LogP contribution in [0.2, 0.25) is 0 Å². The van der Waals surface area contributed by atoms with Gasteiger partial charge in [-0.15, -0.1) is 11.3 Å². The zero-order valence-corrected chi connectivity index (χ0v) is 15.2. The van der Waals surface area contributed by atoms with E-state index in [1.165, 1.54) is 11.1 Å². The highest BCUT2D eigenvalue weighted by Crippen LogP contribution is 2.27. The minimum Gasteiger partial charge on any atom is -0.303 e. The Morgan fingerprint density at radius 1 is 1.22 bits per heavy atom. The normalized spacial score (nSPS) is 12.7. The molecule has 3 aromatic heterocycles. The molecule has 0 aliphatic heterocycles. The Bertz CT molecular complexity index is 747. The summed E-state index contributed by atoms with van der Waals surface area (Å²) in [6.45, 7) is 7.34. The third kappa shape index (κ3) is 3.86. The molecule has 3 nitrogen and oxygen atoms in total. The van der Waals surface area contributed by atoms with Gasteiger partial charge in [0.05, 0.1) is 17.4 Å². The molecular weight excluding hydrogens is 322 g/mol. The molecule has 5 heteroatoms. The van der Waals surface area contributed by atoms with Crippen LogP contribution in [0.5, 0.6) is 0 Å². The molecule has 3 rings (SSSR count). The van der Waals surface area contributed by atoms with E-state index < -0.39 is 0 Å². The summed E-state index contributed by atoms with van der Waals surface area (Å²) < 4.78 is 0. The Morgan fingerprint density at radius 3 is 2.78 bits per heavy atom. The van der Waals surface area contributed by atoms with Crippen LogP contribution in [0.1, 0.15) is 36.8 Å². The van der Waals surface area contributed by atoms with E-state index in [4.69, 9.17) is 4.98 Å². The predicted octanol–water partition coefficient (Wildman–Crippen LogP) is 5.06. The van der Waals surface area contributed by atoms with Crippen molar-refractivity contribution in [2.75, 3.05) is 0 Å². The topological polar surface area (TPSA) is 37.8 Å². The van der Waals surface area contributed by atoms with Crippen LogP contribution >= 0.6 is 22.7 Å². The SMILES string of the molecule is Cc1cccnc1C(NCc1csc(-c2ccsc2)n1)C(C)C. The van der Waals surface area contributed by atoms with Crippen LogP contribution in [0.4, 0.5) is 0 Å². The molecule has 0 fully saturated rings. The number of pyridine rings is 1. The fourth-order valence-corrected chi connectivity index (χ4v) is 4.12. The minimum atomic E-state index is 0.238. The van der Waals surface area contributed by atoms with E-state index in [9.17, 15) is 0 Å². The van der Waals surface area contributed by atoms with Gasteiger partial charge < -0.3 is 5.32 Å². The quantitative estimate of drug-likeness (QED) is 0.679. The fraction of sp³-hybridized carbons (Fsp3) is 0.333. The van der Waals surface area contributed by atoms with E-state index in [-0.39, 0.29) is 6.04 Å².